The van der Waals surface area contributed by atoms with Crippen LogP contribution in [0.15, 0.2) is 71.6 Å². The molecule has 0 radical (unpaired) electrons. The van der Waals surface area contributed by atoms with Crippen molar-refractivity contribution in [2.24, 2.45) is 0 Å². The summed E-state index contributed by atoms with van der Waals surface area (Å²) in [7, 11) is 0. The number of halogens is 1. The molecule has 0 bridgehead atoms. The van der Waals surface area contributed by atoms with Crippen LogP contribution in [0.2, 0.25) is 0 Å². The Hall–Kier alpha value is -2.73. The number of carbonyl (C=O) groups is 1. The maximum absolute atomic E-state index is 12.1. The third kappa shape index (κ3) is 4.14. The molecule has 1 aromatic heterocycles. The van der Waals surface area contributed by atoms with Gasteiger partial charge in [-0.1, -0.05) is 15.9 Å². The Balaban J connectivity index is 1.65. The number of nitrogens with zero attached hydrogens (tertiary/aromatic N) is 2. The number of benzene rings is 2. The van der Waals surface area contributed by atoms with E-state index < -0.39 is 0 Å². The molecule has 0 aliphatic rings. The summed E-state index contributed by atoms with van der Waals surface area (Å²) in [5.41, 5.74) is 1.28. The molecule has 5 nitrogen and oxygen atoms in total. The fourth-order valence-electron chi connectivity index (χ4n) is 1.87. The van der Waals surface area contributed by atoms with Gasteiger partial charge in [0, 0.05) is 28.1 Å². The van der Waals surface area contributed by atoms with Crippen LogP contribution in [0.4, 0.5) is 5.69 Å². The molecule has 1 heterocycles. The summed E-state index contributed by atoms with van der Waals surface area (Å²) in [6, 6.07) is 14.2. The van der Waals surface area contributed by atoms with Gasteiger partial charge in [-0.25, -0.2) is 4.98 Å². The van der Waals surface area contributed by atoms with Crippen LogP contribution in [0.3, 0.4) is 0 Å². The normalized spacial score (nSPS) is 10.1. The van der Waals surface area contributed by atoms with Gasteiger partial charge >= 0.3 is 0 Å². The average Bonchev–Trinajstić information content (AvgIpc) is 2.58. The lowest BCUT2D eigenvalue weighted by Crippen LogP contribution is -2.11. The van der Waals surface area contributed by atoms with Gasteiger partial charge in [-0.3, -0.25) is 9.78 Å². The average molecular weight is 370 g/mol. The number of amides is 1. The Labute approximate surface area is 141 Å². The molecule has 0 aliphatic carbocycles. The molecule has 0 saturated carbocycles. The van der Waals surface area contributed by atoms with Crippen molar-refractivity contribution < 1.29 is 9.53 Å². The summed E-state index contributed by atoms with van der Waals surface area (Å²) in [6.45, 7) is 0. The van der Waals surface area contributed by atoms with Crippen molar-refractivity contribution in [3.63, 3.8) is 0 Å². The first kappa shape index (κ1) is 15.2. The maximum Gasteiger partial charge on any atom is 0.255 e. The van der Waals surface area contributed by atoms with E-state index in [1.165, 1.54) is 6.20 Å². The van der Waals surface area contributed by atoms with Crippen molar-refractivity contribution >= 4 is 27.5 Å². The van der Waals surface area contributed by atoms with Crippen LogP contribution in [0.25, 0.3) is 0 Å². The molecule has 0 atom stereocenters. The van der Waals surface area contributed by atoms with E-state index in [4.69, 9.17) is 4.74 Å². The number of ether oxygens (including phenoxy) is 1. The minimum Gasteiger partial charge on any atom is -0.438 e. The van der Waals surface area contributed by atoms with Crippen LogP contribution in [0.1, 0.15) is 10.4 Å². The number of nitrogens with one attached hydrogen (secondary N) is 1. The Morgan fingerprint density at radius 2 is 1.74 bits per heavy atom. The molecule has 0 saturated heterocycles. The monoisotopic (exact) mass is 369 g/mol. The number of aromatic nitrogens is 2. The lowest BCUT2D eigenvalue weighted by Gasteiger charge is -2.07. The Kier molecular flexibility index (Phi) is 4.63. The number of anilines is 1. The van der Waals surface area contributed by atoms with Crippen LogP contribution in [-0.2, 0) is 0 Å². The Morgan fingerprint density at radius 3 is 2.39 bits per heavy atom. The number of carbonyl (C=O) groups excluding carboxylic acids is 1. The van der Waals surface area contributed by atoms with Gasteiger partial charge in [0.25, 0.3) is 5.91 Å². The zero-order valence-corrected chi connectivity index (χ0v) is 13.5. The smallest absolute Gasteiger partial charge is 0.255 e. The molecule has 0 unspecified atom stereocenters. The molecule has 0 aliphatic heterocycles. The molecular formula is C17H12BrN3O2. The molecule has 0 fully saturated rings. The molecule has 0 spiro atoms. The van der Waals surface area contributed by atoms with Crippen LogP contribution < -0.4 is 10.1 Å². The van der Waals surface area contributed by atoms with Crippen LogP contribution in [0.5, 0.6) is 11.6 Å². The molecule has 1 N–H and O–H groups in total. The highest BCUT2D eigenvalue weighted by Gasteiger charge is 2.06. The van der Waals surface area contributed by atoms with Crippen molar-refractivity contribution in [3.8, 4) is 11.6 Å². The van der Waals surface area contributed by atoms with Gasteiger partial charge in [0.1, 0.15) is 5.75 Å². The minimum atomic E-state index is -0.167. The molecule has 2 aromatic carbocycles. The van der Waals surface area contributed by atoms with Crippen molar-refractivity contribution in [3.05, 3.63) is 77.2 Å². The third-order valence-corrected chi connectivity index (χ3v) is 3.51. The standard InChI is InChI=1S/C17H12BrN3O2/c18-13-3-1-12(2-4-13)17(22)21-14-5-7-15(8-6-14)23-16-11-19-9-10-20-16/h1-11H,(H,21,22). The predicted molar refractivity (Wildman–Crippen MR) is 90.6 cm³/mol. The van der Waals surface area contributed by atoms with Crippen LogP contribution in [-0.4, -0.2) is 15.9 Å². The number of hydrogen-bond donors (Lipinski definition) is 1. The highest BCUT2D eigenvalue weighted by atomic mass is 79.9. The molecule has 3 aromatic rings. The van der Waals surface area contributed by atoms with E-state index in [2.05, 4.69) is 31.2 Å². The van der Waals surface area contributed by atoms with Gasteiger partial charge in [-0.05, 0) is 48.5 Å². The summed E-state index contributed by atoms with van der Waals surface area (Å²) in [5, 5.41) is 2.83. The van der Waals surface area contributed by atoms with E-state index in [1.807, 2.05) is 12.1 Å². The predicted octanol–water partition coefficient (Wildman–Crippen LogP) is 4.28. The van der Waals surface area contributed by atoms with Gasteiger partial charge in [-0.15, -0.1) is 0 Å². The zero-order chi connectivity index (χ0) is 16.1. The van der Waals surface area contributed by atoms with E-state index in [-0.39, 0.29) is 5.91 Å². The largest absolute Gasteiger partial charge is 0.438 e. The molecular weight excluding hydrogens is 358 g/mol. The second-order valence-electron chi connectivity index (χ2n) is 4.63. The van der Waals surface area contributed by atoms with Gasteiger partial charge in [-0.2, -0.15) is 0 Å². The van der Waals surface area contributed by atoms with Crippen LogP contribution in [0, 0.1) is 0 Å². The number of hydrogen-bond acceptors (Lipinski definition) is 4. The summed E-state index contributed by atoms with van der Waals surface area (Å²) in [4.78, 5) is 20.1. The molecule has 114 valence electrons. The van der Waals surface area contributed by atoms with E-state index in [9.17, 15) is 4.79 Å². The first-order valence-electron chi connectivity index (χ1n) is 6.81. The quantitative estimate of drug-likeness (QED) is 0.745. The summed E-state index contributed by atoms with van der Waals surface area (Å²) >= 11 is 3.34. The minimum absolute atomic E-state index is 0.167. The molecule has 3 rings (SSSR count). The van der Waals surface area contributed by atoms with Gasteiger partial charge in [0.15, 0.2) is 0 Å². The van der Waals surface area contributed by atoms with Crippen molar-refractivity contribution in [2.45, 2.75) is 0 Å². The van der Waals surface area contributed by atoms with E-state index in [1.54, 1.807) is 48.8 Å². The van der Waals surface area contributed by atoms with E-state index >= 15 is 0 Å². The van der Waals surface area contributed by atoms with E-state index in [0.717, 1.165) is 4.47 Å². The number of rotatable bonds is 4. The lowest BCUT2D eigenvalue weighted by atomic mass is 10.2. The van der Waals surface area contributed by atoms with Gasteiger partial charge in [0.05, 0.1) is 6.20 Å². The Morgan fingerprint density at radius 1 is 1.00 bits per heavy atom. The second-order valence-corrected chi connectivity index (χ2v) is 5.55. The summed E-state index contributed by atoms with van der Waals surface area (Å²) in [5.74, 6) is 0.867. The SMILES string of the molecule is O=C(Nc1ccc(Oc2cnccn2)cc1)c1ccc(Br)cc1. The summed E-state index contributed by atoms with van der Waals surface area (Å²) in [6.07, 6.45) is 4.67. The first-order chi connectivity index (χ1) is 11.2. The second kappa shape index (κ2) is 7.02. The van der Waals surface area contributed by atoms with Gasteiger partial charge < -0.3 is 10.1 Å². The summed E-state index contributed by atoms with van der Waals surface area (Å²) < 4.78 is 6.47. The Bertz CT molecular complexity index is 790. The van der Waals surface area contributed by atoms with Crippen molar-refractivity contribution in [2.75, 3.05) is 5.32 Å². The zero-order valence-electron chi connectivity index (χ0n) is 11.9. The maximum atomic E-state index is 12.1. The molecule has 23 heavy (non-hydrogen) atoms. The lowest BCUT2D eigenvalue weighted by molar-refractivity contribution is 0.102. The highest BCUT2D eigenvalue weighted by Crippen LogP contribution is 2.21. The van der Waals surface area contributed by atoms with Crippen molar-refractivity contribution in [1.29, 1.82) is 0 Å². The molecule has 6 heteroatoms. The highest BCUT2D eigenvalue weighted by molar-refractivity contribution is 9.10. The van der Waals surface area contributed by atoms with Crippen molar-refractivity contribution in [1.82, 2.24) is 9.97 Å². The third-order valence-electron chi connectivity index (χ3n) is 2.98. The van der Waals surface area contributed by atoms with E-state index in [0.29, 0.717) is 22.9 Å². The molecule has 1 amide bonds. The van der Waals surface area contributed by atoms with Crippen LogP contribution >= 0.6 is 15.9 Å². The fourth-order valence-corrected chi connectivity index (χ4v) is 2.13. The first-order valence-corrected chi connectivity index (χ1v) is 7.61. The van der Waals surface area contributed by atoms with Gasteiger partial charge in [0.2, 0.25) is 5.88 Å². The topological polar surface area (TPSA) is 64.1 Å². The fraction of sp³-hybridized carbons (Fsp3) is 0.